The SMILES string of the molecule is O[C@@H]1CON(CCCOc2ccc(F)cc2)C1. The number of benzene rings is 1. The van der Waals surface area contributed by atoms with E-state index in [0.29, 0.717) is 25.5 Å². The van der Waals surface area contributed by atoms with Crippen molar-refractivity contribution in [2.45, 2.75) is 12.5 Å². The Morgan fingerprint density at radius 2 is 2.18 bits per heavy atom. The van der Waals surface area contributed by atoms with Crippen LogP contribution in [0, 0.1) is 5.82 Å². The lowest BCUT2D eigenvalue weighted by Crippen LogP contribution is -2.23. The predicted molar refractivity (Wildman–Crippen MR) is 60.0 cm³/mol. The minimum absolute atomic E-state index is 0.267. The molecule has 1 aliphatic rings. The molecular formula is C12H16FNO3. The van der Waals surface area contributed by atoms with Crippen molar-refractivity contribution in [3.8, 4) is 5.75 Å². The molecule has 0 radical (unpaired) electrons. The number of hydrogen-bond donors (Lipinski definition) is 1. The number of rotatable bonds is 5. The van der Waals surface area contributed by atoms with E-state index in [1.165, 1.54) is 12.1 Å². The van der Waals surface area contributed by atoms with Crippen molar-refractivity contribution >= 4 is 0 Å². The fourth-order valence-corrected chi connectivity index (χ4v) is 1.65. The van der Waals surface area contributed by atoms with Crippen LogP contribution < -0.4 is 4.74 Å². The van der Waals surface area contributed by atoms with Gasteiger partial charge in [0, 0.05) is 6.54 Å². The molecule has 5 heteroatoms. The molecule has 0 bridgehead atoms. The third-order valence-corrected chi connectivity index (χ3v) is 2.50. The quantitative estimate of drug-likeness (QED) is 0.787. The molecule has 0 unspecified atom stereocenters. The van der Waals surface area contributed by atoms with Crippen LogP contribution in [0.25, 0.3) is 0 Å². The summed E-state index contributed by atoms with van der Waals surface area (Å²) in [5.41, 5.74) is 0. The molecule has 1 aliphatic heterocycles. The molecule has 1 atom stereocenters. The highest BCUT2D eigenvalue weighted by molar-refractivity contribution is 5.21. The molecule has 0 amide bonds. The van der Waals surface area contributed by atoms with E-state index in [4.69, 9.17) is 9.57 Å². The van der Waals surface area contributed by atoms with Gasteiger partial charge in [-0.2, -0.15) is 5.06 Å². The third kappa shape index (κ3) is 3.96. The van der Waals surface area contributed by atoms with Crippen molar-refractivity contribution in [3.63, 3.8) is 0 Å². The lowest BCUT2D eigenvalue weighted by Gasteiger charge is -2.13. The average molecular weight is 241 g/mol. The highest BCUT2D eigenvalue weighted by atomic mass is 19.1. The zero-order valence-corrected chi connectivity index (χ0v) is 9.51. The van der Waals surface area contributed by atoms with E-state index < -0.39 is 0 Å². The smallest absolute Gasteiger partial charge is 0.123 e. The molecule has 2 rings (SSSR count). The van der Waals surface area contributed by atoms with Crippen molar-refractivity contribution in [2.75, 3.05) is 26.3 Å². The lowest BCUT2D eigenvalue weighted by molar-refractivity contribution is -0.112. The van der Waals surface area contributed by atoms with Crippen LogP contribution in [0.1, 0.15) is 6.42 Å². The summed E-state index contributed by atoms with van der Waals surface area (Å²) in [4.78, 5) is 5.21. The molecule has 1 N–H and O–H groups in total. The minimum Gasteiger partial charge on any atom is -0.494 e. The Bertz CT molecular complexity index is 344. The van der Waals surface area contributed by atoms with Gasteiger partial charge < -0.3 is 9.84 Å². The highest BCUT2D eigenvalue weighted by Crippen LogP contribution is 2.11. The van der Waals surface area contributed by atoms with Crippen molar-refractivity contribution in [1.29, 1.82) is 0 Å². The van der Waals surface area contributed by atoms with Gasteiger partial charge in [0.05, 0.1) is 25.9 Å². The Hall–Kier alpha value is -1.17. The first-order chi connectivity index (χ1) is 8.24. The van der Waals surface area contributed by atoms with Gasteiger partial charge in [0.15, 0.2) is 0 Å². The molecule has 1 heterocycles. The van der Waals surface area contributed by atoms with Crippen molar-refractivity contribution in [1.82, 2.24) is 5.06 Å². The second-order valence-electron chi connectivity index (χ2n) is 3.99. The second kappa shape index (κ2) is 5.95. The van der Waals surface area contributed by atoms with Gasteiger partial charge in [0.1, 0.15) is 11.6 Å². The number of β-amino-alcohol motifs (C(OH)–C–C–N with tert-alkyl or cyclic N) is 1. The van der Waals surface area contributed by atoms with Crippen LogP contribution in [0.15, 0.2) is 24.3 Å². The molecule has 94 valence electrons. The van der Waals surface area contributed by atoms with E-state index in [-0.39, 0.29) is 11.9 Å². The number of aliphatic hydroxyl groups excluding tert-OH is 1. The fraction of sp³-hybridized carbons (Fsp3) is 0.500. The van der Waals surface area contributed by atoms with E-state index in [2.05, 4.69) is 0 Å². The Morgan fingerprint density at radius 1 is 1.41 bits per heavy atom. The van der Waals surface area contributed by atoms with Gasteiger partial charge in [-0.1, -0.05) is 0 Å². The van der Waals surface area contributed by atoms with Crippen LogP contribution in [0.3, 0.4) is 0 Å². The van der Waals surface area contributed by atoms with E-state index in [1.54, 1.807) is 17.2 Å². The highest BCUT2D eigenvalue weighted by Gasteiger charge is 2.20. The van der Waals surface area contributed by atoms with Crippen LogP contribution in [-0.4, -0.2) is 42.6 Å². The van der Waals surface area contributed by atoms with Crippen molar-refractivity contribution < 1.29 is 19.1 Å². The Balaban J connectivity index is 1.61. The van der Waals surface area contributed by atoms with Crippen molar-refractivity contribution in [3.05, 3.63) is 30.1 Å². The molecule has 1 aromatic carbocycles. The predicted octanol–water partition coefficient (Wildman–Crippen LogP) is 1.20. The van der Waals surface area contributed by atoms with Gasteiger partial charge in [-0.05, 0) is 30.7 Å². The van der Waals surface area contributed by atoms with E-state index in [1.807, 2.05) is 0 Å². The zero-order chi connectivity index (χ0) is 12.1. The van der Waals surface area contributed by atoms with Gasteiger partial charge >= 0.3 is 0 Å². The summed E-state index contributed by atoms with van der Waals surface area (Å²) in [5.74, 6) is 0.394. The maximum Gasteiger partial charge on any atom is 0.123 e. The summed E-state index contributed by atoms with van der Waals surface area (Å²) in [6.45, 7) is 2.19. The maximum atomic E-state index is 12.6. The molecule has 17 heavy (non-hydrogen) atoms. The van der Waals surface area contributed by atoms with E-state index in [9.17, 15) is 9.50 Å². The molecule has 1 saturated heterocycles. The zero-order valence-electron chi connectivity index (χ0n) is 9.51. The Labute approximate surface area is 99.5 Å². The Kier molecular flexibility index (Phi) is 4.30. The second-order valence-corrected chi connectivity index (χ2v) is 3.99. The first kappa shape index (κ1) is 12.3. The minimum atomic E-state index is -0.381. The molecular weight excluding hydrogens is 225 g/mol. The van der Waals surface area contributed by atoms with Gasteiger partial charge in [-0.25, -0.2) is 4.39 Å². The van der Waals surface area contributed by atoms with Crippen LogP contribution in [0.5, 0.6) is 5.75 Å². The first-order valence-corrected chi connectivity index (χ1v) is 5.68. The van der Waals surface area contributed by atoms with E-state index >= 15 is 0 Å². The number of nitrogens with zero attached hydrogens (tertiary/aromatic N) is 1. The summed E-state index contributed by atoms with van der Waals surface area (Å²) in [6, 6.07) is 5.95. The third-order valence-electron chi connectivity index (χ3n) is 2.50. The molecule has 4 nitrogen and oxygen atoms in total. The summed E-state index contributed by atoms with van der Waals surface area (Å²) < 4.78 is 18.0. The van der Waals surface area contributed by atoms with Crippen LogP contribution in [-0.2, 0) is 4.84 Å². The Morgan fingerprint density at radius 3 is 2.82 bits per heavy atom. The molecule has 1 fully saturated rings. The number of aliphatic hydroxyl groups is 1. The number of ether oxygens (including phenoxy) is 1. The van der Waals surface area contributed by atoms with Crippen LogP contribution in [0.2, 0.25) is 0 Å². The maximum absolute atomic E-state index is 12.6. The summed E-state index contributed by atoms with van der Waals surface area (Å²) in [5, 5.41) is 11.0. The molecule has 0 spiro atoms. The fourth-order valence-electron chi connectivity index (χ4n) is 1.65. The van der Waals surface area contributed by atoms with Crippen LogP contribution >= 0.6 is 0 Å². The standard InChI is InChI=1S/C12H16FNO3/c13-10-2-4-12(5-3-10)16-7-1-6-14-8-11(15)9-17-14/h2-5,11,15H,1,6-9H2/t11-/m0/s1. The molecule has 0 saturated carbocycles. The first-order valence-electron chi connectivity index (χ1n) is 5.68. The van der Waals surface area contributed by atoms with Gasteiger partial charge in [-0.15, -0.1) is 0 Å². The summed E-state index contributed by atoms with van der Waals surface area (Å²) >= 11 is 0. The molecule has 0 aromatic heterocycles. The van der Waals surface area contributed by atoms with Gasteiger partial charge in [0.2, 0.25) is 0 Å². The molecule has 1 aromatic rings. The number of hydroxylamine groups is 2. The largest absolute Gasteiger partial charge is 0.494 e. The average Bonchev–Trinajstić information content (AvgIpc) is 2.73. The van der Waals surface area contributed by atoms with Gasteiger partial charge in [-0.3, -0.25) is 4.84 Å². The summed E-state index contributed by atoms with van der Waals surface area (Å²) in [6.07, 6.45) is 0.414. The number of halogens is 1. The monoisotopic (exact) mass is 241 g/mol. The van der Waals surface area contributed by atoms with Crippen molar-refractivity contribution in [2.24, 2.45) is 0 Å². The summed E-state index contributed by atoms with van der Waals surface area (Å²) in [7, 11) is 0. The molecule has 0 aliphatic carbocycles. The van der Waals surface area contributed by atoms with Crippen LogP contribution in [0.4, 0.5) is 4.39 Å². The lowest BCUT2D eigenvalue weighted by atomic mass is 10.3. The topological polar surface area (TPSA) is 41.9 Å². The van der Waals surface area contributed by atoms with Gasteiger partial charge in [0.25, 0.3) is 0 Å². The number of hydrogen-bond acceptors (Lipinski definition) is 4. The normalized spacial score (nSPS) is 20.7. The van der Waals surface area contributed by atoms with E-state index in [0.717, 1.165) is 13.0 Å².